The molecule has 0 aliphatic rings. The highest BCUT2D eigenvalue weighted by molar-refractivity contribution is 5.68. The third kappa shape index (κ3) is 3.42. The summed E-state index contributed by atoms with van der Waals surface area (Å²) in [4.78, 5) is 0. The molecule has 1 nitrogen and oxygen atoms in total. The van der Waals surface area contributed by atoms with Crippen molar-refractivity contribution in [2.24, 2.45) is 0 Å². The molecule has 3 heteroatoms. The summed E-state index contributed by atoms with van der Waals surface area (Å²) >= 11 is 0. The van der Waals surface area contributed by atoms with E-state index in [-0.39, 0.29) is 11.6 Å². The Labute approximate surface area is 118 Å². The van der Waals surface area contributed by atoms with Gasteiger partial charge in [-0.3, -0.25) is 0 Å². The summed E-state index contributed by atoms with van der Waals surface area (Å²) < 4.78 is 27.5. The third-order valence-corrected chi connectivity index (χ3v) is 3.28. The van der Waals surface area contributed by atoms with E-state index in [4.69, 9.17) is 0 Å². The van der Waals surface area contributed by atoms with Gasteiger partial charge in [-0.25, -0.2) is 8.78 Å². The molecule has 0 saturated carbocycles. The van der Waals surface area contributed by atoms with E-state index >= 15 is 0 Å². The first-order valence-corrected chi connectivity index (χ1v) is 6.87. The van der Waals surface area contributed by atoms with Crippen LogP contribution in [0.15, 0.2) is 36.4 Å². The molecule has 2 aromatic rings. The van der Waals surface area contributed by atoms with Crippen molar-refractivity contribution in [1.82, 2.24) is 5.32 Å². The standard InChI is InChI=1S/C17H19F2N/c1-3-8-20-11-13-5-7-15(17(19)9-13)16-10-14(18)6-4-12(16)2/h4-7,9-10,20H,3,8,11H2,1-2H3. The molecule has 0 fully saturated rings. The lowest BCUT2D eigenvalue weighted by molar-refractivity contribution is 0.619. The molecule has 0 bridgehead atoms. The minimum absolute atomic E-state index is 0.311. The minimum Gasteiger partial charge on any atom is -0.313 e. The van der Waals surface area contributed by atoms with Crippen LogP contribution in [-0.4, -0.2) is 6.54 Å². The maximum Gasteiger partial charge on any atom is 0.131 e. The molecule has 2 aromatic carbocycles. The van der Waals surface area contributed by atoms with Gasteiger partial charge in [-0.2, -0.15) is 0 Å². The molecule has 0 atom stereocenters. The maximum absolute atomic E-state index is 14.2. The lowest BCUT2D eigenvalue weighted by Gasteiger charge is -2.10. The van der Waals surface area contributed by atoms with Crippen LogP contribution in [0.4, 0.5) is 8.78 Å². The number of aryl methyl sites for hydroxylation is 1. The highest BCUT2D eigenvalue weighted by Crippen LogP contribution is 2.27. The van der Waals surface area contributed by atoms with E-state index in [2.05, 4.69) is 12.2 Å². The second kappa shape index (κ2) is 6.62. The van der Waals surface area contributed by atoms with Crippen molar-refractivity contribution in [3.63, 3.8) is 0 Å². The van der Waals surface area contributed by atoms with Crippen molar-refractivity contribution in [2.45, 2.75) is 26.8 Å². The van der Waals surface area contributed by atoms with Crippen molar-refractivity contribution in [1.29, 1.82) is 0 Å². The Morgan fingerprint density at radius 2 is 1.80 bits per heavy atom. The third-order valence-electron chi connectivity index (χ3n) is 3.28. The molecule has 1 N–H and O–H groups in total. The van der Waals surface area contributed by atoms with Crippen LogP contribution in [0, 0.1) is 18.6 Å². The van der Waals surface area contributed by atoms with Gasteiger partial charge in [0.25, 0.3) is 0 Å². The molecule has 0 heterocycles. The monoisotopic (exact) mass is 275 g/mol. The van der Waals surface area contributed by atoms with Gasteiger partial charge in [0.1, 0.15) is 11.6 Å². The van der Waals surface area contributed by atoms with Gasteiger partial charge in [0.05, 0.1) is 0 Å². The zero-order valence-corrected chi connectivity index (χ0v) is 11.8. The van der Waals surface area contributed by atoms with E-state index in [0.29, 0.717) is 17.7 Å². The summed E-state index contributed by atoms with van der Waals surface area (Å²) in [5, 5.41) is 3.23. The fraction of sp³-hybridized carbons (Fsp3) is 0.294. The van der Waals surface area contributed by atoms with Crippen molar-refractivity contribution in [2.75, 3.05) is 6.54 Å². The first-order valence-electron chi connectivity index (χ1n) is 6.87. The van der Waals surface area contributed by atoms with Crippen LogP contribution >= 0.6 is 0 Å². The lowest BCUT2D eigenvalue weighted by Crippen LogP contribution is -2.13. The van der Waals surface area contributed by atoms with Gasteiger partial charge < -0.3 is 5.32 Å². The molecule has 0 aliphatic heterocycles. The second-order valence-corrected chi connectivity index (χ2v) is 4.95. The number of hydrogen-bond donors (Lipinski definition) is 1. The van der Waals surface area contributed by atoms with Crippen molar-refractivity contribution >= 4 is 0 Å². The Bertz CT molecular complexity index is 594. The van der Waals surface area contributed by atoms with Crippen LogP contribution in [-0.2, 0) is 6.54 Å². The molecule has 0 spiro atoms. The topological polar surface area (TPSA) is 12.0 Å². The summed E-state index contributed by atoms with van der Waals surface area (Å²) in [7, 11) is 0. The maximum atomic E-state index is 14.2. The van der Waals surface area contributed by atoms with Crippen LogP contribution in [0.5, 0.6) is 0 Å². The van der Waals surface area contributed by atoms with Crippen LogP contribution in [0.1, 0.15) is 24.5 Å². The largest absolute Gasteiger partial charge is 0.313 e. The Hall–Kier alpha value is -1.74. The summed E-state index contributed by atoms with van der Waals surface area (Å²) in [5.41, 5.74) is 2.81. The van der Waals surface area contributed by atoms with E-state index in [9.17, 15) is 8.78 Å². The molecule has 0 aromatic heterocycles. The average Bonchev–Trinajstić information content (AvgIpc) is 2.42. The van der Waals surface area contributed by atoms with Crippen molar-refractivity contribution < 1.29 is 8.78 Å². The highest BCUT2D eigenvalue weighted by Gasteiger charge is 2.09. The van der Waals surface area contributed by atoms with Gasteiger partial charge >= 0.3 is 0 Å². The van der Waals surface area contributed by atoms with Gasteiger partial charge in [0, 0.05) is 12.1 Å². The van der Waals surface area contributed by atoms with E-state index < -0.39 is 0 Å². The van der Waals surface area contributed by atoms with Gasteiger partial charge in [0.2, 0.25) is 0 Å². The summed E-state index contributed by atoms with van der Waals surface area (Å²) in [6, 6.07) is 9.55. The number of benzene rings is 2. The minimum atomic E-state index is -0.348. The Balaban J connectivity index is 2.27. The first-order chi connectivity index (χ1) is 9.61. The first kappa shape index (κ1) is 14.7. The summed E-state index contributed by atoms with van der Waals surface area (Å²) in [5.74, 6) is -0.659. The van der Waals surface area contributed by atoms with E-state index in [1.807, 2.05) is 13.0 Å². The second-order valence-electron chi connectivity index (χ2n) is 4.95. The highest BCUT2D eigenvalue weighted by atomic mass is 19.1. The average molecular weight is 275 g/mol. The number of nitrogens with one attached hydrogen (secondary N) is 1. The summed E-state index contributed by atoms with van der Waals surface area (Å²) in [6.07, 6.45) is 1.04. The smallest absolute Gasteiger partial charge is 0.131 e. The molecule has 106 valence electrons. The molecule has 2 rings (SSSR count). The zero-order chi connectivity index (χ0) is 14.5. The van der Waals surface area contributed by atoms with Gasteiger partial charge in [-0.15, -0.1) is 0 Å². The normalized spacial score (nSPS) is 10.8. The molecule has 0 radical (unpaired) electrons. The van der Waals surface area contributed by atoms with Crippen LogP contribution in [0.25, 0.3) is 11.1 Å². The number of hydrogen-bond acceptors (Lipinski definition) is 1. The van der Waals surface area contributed by atoms with Crippen molar-refractivity contribution in [3.05, 3.63) is 59.2 Å². The Morgan fingerprint density at radius 1 is 1.00 bits per heavy atom. The predicted molar refractivity (Wildman–Crippen MR) is 78.5 cm³/mol. The molecular weight excluding hydrogens is 256 g/mol. The fourth-order valence-electron chi connectivity index (χ4n) is 2.18. The molecule has 0 unspecified atom stereocenters. The van der Waals surface area contributed by atoms with Crippen LogP contribution < -0.4 is 5.32 Å². The van der Waals surface area contributed by atoms with Gasteiger partial charge in [0.15, 0.2) is 0 Å². The molecule has 0 saturated heterocycles. The molecule has 0 aliphatic carbocycles. The predicted octanol–water partition coefficient (Wildman–Crippen LogP) is 4.44. The van der Waals surface area contributed by atoms with Crippen LogP contribution in [0.3, 0.4) is 0 Å². The van der Waals surface area contributed by atoms with E-state index in [0.717, 1.165) is 24.1 Å². The number of halogens is 2. The SMILES string of the molecule is CCCNCc1ccc(-c2cc(F)ccc2C)c(F)c1. The molecule has 20 heavy (non-hydrogen) atoms. The number of rotatable bonds is 5. The fourth-order valence-corrected chi connectivity index (χ4v) is 2.18. The van der Waals surface area contributed by atoms with E-state index in [1.54, 1.807) is 12.1 Å². The quantitative estimate of drug-likeness (QED) is 0.795. The Kier molecular flexibility index (Phi) is 4.85. The lowest BCUT2D eigenvalue weighted by atomic mass is 9.98. The van der Waals surface area contributed by atoms with Crippen LogP contribution in [0.2, 0.25) is 0 Å². The molecular formula is C17H19F2N. The van der Waals surface area contributed by atoms with E-state index in [1.165, 1.54) is 18.2 Å². The summed E-state index contributed by atoms with van der Waals surface area (Å²) in [6.45, 7) is 5.49. The molecule has 0 amide bonds. The van der Waals surface area contributed by atoms with Gasteiger partial charge in [-0.1, -0.05) is 25.1 Å². The zero-order valence-electron chi connectivity index (χ0n) is 11.8. The van der Waals surface area contributed by atoms with Crippen molar-refractivity contribution in [3.8, 4) is 11.1 Å². The van der Waals surface area contributed by atoms with Gasteiger partial charge in [-0.05, 0) is 54.8 Å². The Morgan fingerprint density at radius 3 is 2.50 bits per heavy atom.